The summed E-state index contributed by atoms with van der Waals surface area (Å²) in [5, 5.41) is 7.02. The number of hydrogen-bond donors (Lipinski definition) is 0. The zero-order chi connectivity index (χ0) is 40.3. The Kier molecular flexibility index (Phi) is 8.17. The van der Waals surface area contributed by atoms with Crippen LogP contribution >= 0.6 is 0 Å². The maximum atomic E-state index is 7.03. The van der Waals surface area contributed by atoms with Crippen molar-refractivity contribution in [1.82, 2.24) is 4.57 Å². The van der Waals surface area contributed by atoms with E-state index >= 15 is 0 Å². The summed E-state index contributed by atoms with van der Waals surface area (Å²) in [6, 6.07) is 82.8. The van der Waals surface area contributed by atoms with Gasteiger partial charge in [0.25, 0.3) is 0 Å². The second-order valence-electron chi connectivity index (χ2n) is 15.7. The Morgan fingerprint density at radius 3 is 1.56 bits per heavy atom. The molecule has 0 saturated carbocycles. The molecule has 12 aromatic rings. The average Bonchev–Trinajstić information content (AvgIpc) is 3.89. The van der Waals surface area contributed by atoms with Crippen molar-refractivity contribution in [3.63, 3.8) is 0 Å². The molecule has 0 fully saturated rings. The highest BCUT2D eigenvalue weighted by Crippen LogP contribution is 2.47. The first-order chi connectivity index (χ1) is 30.2. The molecule has 0 amide bonds. The van der Waals surface area contributed by atoms with Gasteiger partial charge in [0.05, 0.1) is 16.7 Å². The molecular formula is C58H38N2O. The fourth-order valence-corrected chi connectivity index (χ4v) is 9.26. The van der Waals surface area contributed by atoms with Crippen LogP contribution in [0.4, 0.5) is 17.1 Å². The Labute approximate surface area is 353 Å². The number of benzene rings is 10. The highest BCUT2D eigenvalue weighted by Gasteiger charge is 2.23. The molecule has 0 unspecified atom stereocenters. The maximum Gasteiger partial charge on any atom is 0.159 e. The van der Waals surface area contributed by atoms with E-state index in [-0.39, 0.29) is 0 Å². The van der Waals surface area contributed by atoms with Gasteiger partial charge >= 0.3 is 0 Å². The summed E-state index contributed by atoms with van der Waals surface area (Å²) in [6.07, 6.45) is 0. The molecule has 0 aliphatic carbocycles. The smallest absolute Gasteiger partial charge is 0.159 e. The number of furan rings is 1. The van der Waals surface area contributed by atoms with E-state index in [1.807, 2.05) is 0 Å². The van der Waals surface area contributed by atoms with E-state index in [1.54, 1.807) is 0 Å². The molecule has 12 rings (SSSR count). The fourth-order valence-electron chi connectivity index (χ4n) is 9.26. The summed E-state index contributed by atoms with van der Waals surface area (Å²) in [4.78, 5) is 2.36. The monoisotopic (exact) mass is 778 g/mol. The van der Waals surface area contributed by atoms with Gasteiger partial charge < -0.3 is 13.9 Å². The van der Waals surface area contributed by atoms with Gasteiger partial charge in [-0.3, -0.25) is 0 Å². The van der Waals surface area contributed by atoms with Crippen molar-refractivity contribution < 1.29 is 4.42 Å². The molecule has 0 N–H and O–H groups in total. The van der Waals surface area contributed by atoms with Crippen LogP contribution in [0, 0.1) is 0 Å². The lowest BCUT2D eigenvalue weighted by Crippen LogP contribution is -2.10. The Bertz CT molecular complexity index is 3470. The molecule has 0 atom stereocenters. The van der Waals surface area contributed by atoms with Crippen LogP contribution in [-0.2, 0) is 0 Å². The molecule has 0 bridgehead atoms. The number of aromatic nitrogens is 1. The van der Waals surface area contributed by atoms with E-state index in [4.69, 9.17) is 4.42 Å². The minimum absolute atomic E-state index is 0.842. The van der Waals surface area contributed by atoms with Gasteiger partial charge in [0, 0.05) is 38.6 Å². The zero-order valence-electron chi connectivity index (χ0n) is 33.2. The molecular weight excluding hydrogens is 741 g/mol. The first-order valence-electron chi connectivity index (χ1n) is 20.8. The molecule has 286 valence electrons. The topological polar surface area (TPSA) is 21.3 Å². The van der Waals surface area contributed by atoms with Gasteiger partial charge in [-0.1, -0.05) is 164 Å². The van der Waals surface area contributed by atoms with E-state index in [0.29, 0.717) is 0 Å². The molecule has 61 heavy (non-hydrogen) atoms. The Hall–Kier alpha value is -8.14. The van der Waals surface area contributed by atoms with E-state index < -0.39 is 0 Å². The summed E-state index contributed by atoms with van der Waals surface area (Å²) in [5.41, 5.74) is 15.2. The van der Waals surface area contributed by atoms with Crippen molar-refractivity contribution in [1.29, 1.82) is 0 Å². The van der Waals surface area contributed by atoms with Crippen LogP contribution in [0.1, 0.15) is 0 Å². The average molecular weight is 779 g/mol. The number of nitrogens with zero attached hydrogens (tertiary/aromatic N) is 2. The molecule has 0 aliphatic rings. The second-order valence-corrected chi connectivity index (χ2v) is 15.7. The lowest BCUT2D eigenvalue weighted by Gasteiger charge is -2.27. The van der Waals surface area contributed by atoms with Crippen molar-refractivity contribution in [3.05, 3.63) is 231 Å². The van der Waals surface area contributed by atoms with Crippen LogP contribution in [0.5, 0.6) is 0 Å². The van der Waals surface area contributed by atoms with Crippen molar-refractivity contribution in [3.8, 4) is 39.1 Å². The zero-order valence-corrected chi connectivity index (χ0v) is 33.2. The first-order valence-corrected chi connectivity index (χ1v) is 20.8. The molecule has 0 aliphatic heterocycles. The van der Waals surface area contributed by atoms with Crippen LogP contribution in [0.3, 0.4) is 0 Å². The summed E-state index contributed by atoms with van der Waals surface area (Å²) >= 11 is 0. The predicted octanol–water partition coefficient (Wildman–Crippen LogP) is 16.3. The molecule has 0 saturated heterocycles. The van der Waals surface area contributed by atoms with Crippen LogP contribution in [0.25, 0.3) is 93.6 Å². The largest absolute Gasteiger partial charge is 0.454 e. The van der Waals surface area contributed by atoms with Crippen molar-refractivity contribution in [2.45, 2.75) is 0 Å². The van der Waals surface area contributed by atoms with Gasteiger partial charge in [0.2, 0.25) is 0 Å². The first kappa shape index (κ1) is 34.9. The quantitative estimate of drug-likeness (QED) is 0.161. The van der Waals surface area contributed by atoms with Gasteiger partial charge in [-0.05, 0) is 111 Å². The third-order valence-corrected chi connectivity index (χ3v) is 12.2. The number of rotatable bonds is 7. The molecule has 2 aromatic heterocycles. The van der Waals surface area contributed by atoms with E-state index in [2.05, 4.69) is 240 Å². The summed E-state index contributed by atoms with van der Waals surface area (Å²) in [6.45, 7) is 0. The van der Waals surface area contributed by atoms with Gasteiger partial charge in [-0.15, -0.1) is 0 Å². The number of hydrogen-bond acceptors (Lipinski definition) is 2. The minimum Gasteiger partial charge on any atom is -0.454 e. The molecule has 0 spiro atoms. The van der Waals surface area contributed by atoms with Gasteiger partial charge in [-0.25, -0.2) is 0 Å². The standard InChI is InChI=1S/C58H38N2O/c1-4-14-39(15-5-1)41-24-30-47(31-25-41)59(48-32-26-42(27-33-48)40-16-6-2-7-17-40)55-38-45(36-52-57-49-21-11-10-18-43(49)29-35-56(57)61-58(52)55)44-28-34-51-50-22-12-13-23-53(50)60(54(51)37-44)46-19-8-3-9-20-46/h1-38H. The molecule has 3 heteroatoms. The third kappa shape index (κ3) is 5.90. The lowest BCUT2D eigenvalue weighted by molar-refractivity contribution is 0.669. The van der Waals surface area contributed by atoms with Gasteiger partial charge in [0.1, 0.15) is 5.58 Å². The normalized spacial score (nSPS) is 11.6. The SMILES string of the molecule is c1ccc(-c2ccc(N(c3ccc(-c4ccccc4)cc3)c3cc(-c4ccc5c6ccccc6n(-c6ccccc6)c5c4)cc4c3oc3ccc5ccccc5c34)cc2)cc1. The highest BCUT2D eigenvalue weighted by atomic mass is 16.3. The van der Waals surface area contributed by atoms with Crippen LogP contribution in [-0.4, -0.2) is 4.57 Å². The van der Waals surface area contributed by atoms with Crippen molar-refractivity contribution in [2.75, 3.05) is 4.90 Å². The number of para-hydroxylation sites is 2. The summed E-state index contributed by atoms with van der Waals surface area (Å²) in [5.74, 6) is 0. The van der Waals surface area contributed by atoms with Crippen LogP contribution in [0.2, 0.25) is 0 Å². The second kappa shape index (κ2) is 14.3. The molecule has 0 radical (unpaired) electrons. The van der Waals surface area contributed by atoms with Crippen LogP contribution < -0.4 is 4.90 Å². The summed E-state index contributed by atoms with van der Waals surface area (Å²) in [7, 11) is 0. The Morgan fingerprint density at radius 2 is 0.885 bits per heavy atom. The van der Waals surface area contributed by atoms with Crippen molar-refractivity contribution >= 4 is 71.6 Å². The summed E-state index contributed by atoms with van der Waals surface area (Å²) < 4.78 is 9.43. The minimum atomic E-state index is 0.842. The highest BCUT2D eigenvalue weighted by molar-refractivity contribution is 6.22. The van der Waals surface area contributed by atoms with E-state index in [9.17, 15) is 0 Å². The Balaban J connectivity index is 1.13. The van der Waals surface area contributed by atoms with Gasteiger partial charge in [-0.2, -0.15) is 0 Å². The molecule has 2 heterocycles. The molecule has 3 nitrogen and oxygen atoms in total. The van der Waals surface area contributed by atoms with E-state index in [1.165, 1.54) is 54.8 Å². The molecule has 10 aromatic carbocycles. The van der Waals surface area contributed by atoms with E-state index in [0.717, 1.165) is 55.8 Å². The lowest BCUT2D eigenvalue weighted by atomic mass is 9.97. The maximum absolute atomic E-state index is 7.03. The number of fused-ring (bicyclic) bond motifs is 8. The number of anilines is 3. The van der Waals surface area contributed by atoms with Gasteiger partial charge in [0.15, 0.2) is 5.58 Å². The fraction of sp³-hybridized carbons (Fsp3) is 0. The predicted molar refractivity (Wildman–Crippen MR) is 257 cm³/mol. The van der Waals surface area contributed by atoms with Crippen molar-refractivity contribution in [2.24, 2.45) is 0 Å². The Morgan fingerprint density at radius 1 is 0.344 bits per heavy atom. The third-order valence-electron chi connectivity index (χ3n) is 12.2. The van der Waals surface area contributed by atoms with Crippen LogP contribution in [0.15, 0.2) is 235 Å².